The Kier molecular flexibility index (Phi) is 12.4. The molecule has 4 fully saturated rings. The monoisotopic (exact) mass is 866 g/mol. The Labute approximate surface area is 373 Å². The fourth-order valence-corrected chi connectivity index (χ4v) is 11.5. The van der Waals surface area contributed by atoms with E-state index in [0.29, 0.717) is 36.2 Å². The molecule has 0 radical (unpaired) electrons. The molecule has 5 aliphatic rings. The largest absolute Gasteiger partial charge is 0.459 e. The maximum absolute atomic E-state index is 14.1. The van der Waals surface area contributed by atoms with Crippen molar-refractivity contribution in [2.75, 3.05) is 6.61 Å². The molecule has 332 valence electrons. The molecule has 11 atom stereocenters. The average Bonchev–Trinajstić information content (AvgIpc) is 3.66. The normalized spacial score (nSPS) is 31.8. The first-order valence-electron chi connectivity index (χ1n) is 22.6. The lowest BCUT2D eigenvalue weighted by atomic mass is 9.47. The van der Waals surface area contributed by atoms with Gasteiger partial charge in [-0.15, -0.1) is 0 Å². The van der Waals surface area contributed by atoms with E-state index < -0.39 is 61.2 Å². The smallest absolute Gasteiger partial charge is 0.338 e. The minimum absolute atomic E-state index is 0.00717. The van der Waals surface area contributed by atoms with Crippen LogP contribution in [0.1, 0.15) is 107 Å². The molecule has 0 unspecified atom stereocenters. The van der Waals surface area contributed by atoms with E-state index in [-0.39, 0.29) is 39.4 Å². The zero-order valence-electron chi connectivity index (χ0n) is 36.2. The molecule has 64 heavy (non-hydrogen) atoms. The first-order valence-corrected chi connectivity index (χ1v) is 22.6. The molecule has 1 heterocycles. The molecular formula is C53H54O11. The first kappa shape index (κ1) is 43.3. The molecule has 11 heteroatoms. The van der Waals surface area contributed by atoms with E-state index in [1.165, 1.54) is 5.57 Å². The van der Waals surface area contributed by atoms with Crippen LogP contribution in [-0.2, 0) is 33.2 Å². The van der Waals surface area contributed by atoms with E-state index in [4.69, 9.17) is 28.4 Å². The Morgan fingerprint density at radius 1 is 0.578 bits per heavy atom. The van der Waals surface area contributed by atoms with Crippen molar-refractivity contribution in [2.24, 2.45) is 28.6 Å². The quantitative estimate of drug-likeness (QED) is 0.105. The van der Waals surface area contributed by atoms with Crippen molar-refractivity contribution < 1.29 is 52.4 Å². The second kappa shape index (κ2) is 18.3. The van der Waals surface area contributed by atoms with Crippen molar-refractivity contribution in [1.82, 2.24) is 0 Å². The first-order chi connectivity index (χ1) is 31.0. The van der Waals surface area contributed by atoms with Gasteiger partial charge in [-0.25, -0.2) is 19.2 Å². The summed E-state index contributed by atoms with van der Waals surface area (Å²) >= 11 is 0. The highest BCUT2D eigenvalue weighted by molar-refractivity contribution is 5.92. The Morgan fingerprint density at radius 2 is 1.09 bits per heavy atom. The van der Waals surface area contributed by atoms with Gasteiger partial charge in [0.1, 0.15) is 12.7 Å². The minimum Gasteiger partial charge on any atom is -0.459 e. The lowest BCUT2D eigenvalue weighted by Crippen LogP contribution is -2.64. The van der Waals surface area contributed by atoms with Crippen molar-refractivity contribution in [2.45, 2.75) is 102 Å². The Hall–Kier alpha value is -5.91. The summed E-state index contributed by atoms with van der Waals surface area (Å²) in [5, 5.41) is 0. The van der Waals surface area contributed by atoms with Crippen LogP contribution in [0.5, 0.6) is 0 Å². The molecule has 4 aromatic rings. The highest BCUT2D eigenvalue weighted by Crippen LogP contribution is 2.66. The molecule has 0 amide bonds. The SMILES string of the molecule is C[C@]12CC[C@H]3[C@@H](CCC4=CC(=O)CC[C@@]43C)[C@@H]1CC[C@@H]2O[C@H]1O[C@@H](COC(=O)c2ccccc2)[C@H](OC(=O)c2ccccc2)[C@@H](OC(=O)c2ccccc2)[C@@H]1OC(=O)c1ccccc1. The topological polar surface area (TPSA) is 141 Å². The minimum atomic E-state index is -1.49. The lowest BCUT2D eigenvalue weighted by Gasteiger charge is -2.58. The van der Waals surface area contributed by atoms with Crippen LogP contribution in [0.15, 0.2) is 133 Å². The number of carbonyl (C=O) groups excluding carboxylic acids is 5. The number of benzene rings is 4. The molecule has 3 saturated carbocycles. The molecule has 1 saturated heterocycles. The number of hydrogen-bond acceptors (Lipinski definition) is 11. The van der Waals surface area contributed by atoms with Crippen molar-refractivity contribution in [1.29, 1.82) is 0 Å². The number of carbonyl (C=O) groups is 5. The van der Waals surface area contributed by atoms with Crippen molar-refractivity contribution >= 4 is 29.7 Å². The van der Waals surface area contributed by atoms with Gasteiger partial charge >= 0.3 is 23.9 Å². The maximum atomic E-state index is 14.1. The van der Waals surface area contributed by atoms with Crippen LogP contribution in [0.25, 0.3) is 0 Å². The maximum Gasteiger partial charge on any atom is 0.338 e. The van der Waals surface area contributed by atoms with Gasteiger partial charge in [0.25, 0.3) is 0 Å². The van der Waals surface area contributed by atoms with Crippen LogP contribution < -0.4 is 0 Å². The van der Waals surface area contributed by atoms with E-state index in [9.17, 15) is 24.0 Å². The van der Waals surface area contributed by atoms with Crippen molar-refractivity contribution in [3.05, 3.63) is 155 Å². The number of esters is 4. The van der Waals surface area contributed by atoms with Gasteiger partial charge in [0, 0.05) is 6.42 Å². The van der Waals surface area contributed by atoms with Crippen LogP contribution >= 0.6 is 0 Å². The summed E-state index contributed by atoms with van der Waals surface area (Å²) < 4.78 is 38.7. The van der Waals surface area contributed by atoms with Crippen LogP contribution in [0.3, 0.4) is 0 Å². The zero-order valence-corrected chi connectivity index (χ0v) is 36.2. The number of ether oxygens (including phenoxy) is 6. The van der Waals surface area contributed by atoms with E-state index in [0.717, 1.165) is 38.5 Å². The number of rotatable bonds is 11. The van der Waals surface area contributed by atoms with Gasteiger partial charge in [-0.05, 0) is 128 Å². The van der Waals surface area contributed by atoms with Gasteiger partial charge in [-0.2, -0.15) is 0 Å². The molecule has 4 aromatic carbocycles. The summed E-state index contributed by atoms with van der Waals surface area (Å²) in [5.41, 5.74) is 1.97. The molecule has 0 spiro atoms. The summed E-state index contributed by atoms with van der Waals surface area (Å²) in [6.45, 7) is 4.22. The lowest BCUT2D eigenvalue weighted by molar-refractivity contribution is -0.317. The summed E-state index contributed by atoms with van der Waals surface area (Å²) in [7, 11) is 0. The number of ketones is 1. The Bertz CT molecular complexity index is 2370. The Balaban J connectivity index is 1.08. The predicted molar refractivity (Wildman–Crippen MR) is 234 cm³/mol. The van der Waals surface area contributed by atoms with Crippen LogP contribution in [0.2, 0.25) is 0 Å². The number of fused-ring (bicyclic) bond motifs is 5. The number of allylic oxidation sites excluding steroid dienone is 1. The fraction of sp³-hybridized carbons (Fsp3) is 0.415. The highest BCUT2D eigenvalue weighted by atomic mass is 16.7. The highest BCUT2D eigenvalue weighted by Gasteiger charge is 2.61. The predicted octanol–water partition coefficient (Wildman–Crippen LogP) is 9.16. The third-order valence-electron chi connectivity index (χ3n) is 14.9. The van der Waals surface area contributed by atoms with Gasteiger partial charge in [0.05, 0.1) is 28.4 Å². The van der Waals surface area contributed by atoms with E-state index in [1.54, 1.807) is 121 Å². The molecular weight excluding hydrogens is 813 g/mol. The van der Waals surface area contributed by atoms with Gasteiger partial charge in [0.15, 0.2) is 30.4 Å². The van der Waals surface area contributed by atoms with Gasteiger partial charge in [0.2, 0.25) is 0 Å². The zero-order chi connectivity index (χ0) is 44.4. The average molecular weight is 867 g/mol. The second-order valence-electron chi connectivity index (χ2n) is 18.4. The molecule has 0 aromatic heterocycles. The van der Waals surface area contributed by atoms with Gasteiger partial charge in [-0.1, -0.05) is 92.2 Å². The molecule has 1 aliphatic heterocycles. The summed E-state index contributed by atoms with van der Waals surface area (Å²) in [5.74, 6) is -1.44. The molecule has 4 aliphatic carbocycles. The van der Waals surface area contributed by atoms with Gasteiger partial charge in [-0.3, -0.25) is 4.79 Å². The van der Waals surface area contributed by atoms with E-state index in [1.807, 2.05) is 6.08 Å². The molecule has 0 N–H and O–H groups in total. The van der Waals surface area contributed by atoms with Crippen molar-refractivity contribution in [3.8, 4) is 0 Å². The van der Waals surface area contributed by atoms with Crippen LogP contribution in [-0.4, -0.2) is 73.1 Å². The van der Waals surface area contributed by atoms with Crippen molar-refractivity contribution in [3.63, 3.8) is 0 Å². The van der Waals surface area contributed by atoms with Crippen LogP contribution in [0, 0.1) is 28.6 Å². The summed E-state index contributed by atoms with van der Waals surface area (Å²) in [6, 6.07) is 33.5. The Morgan fingerprint density at radius 3 is 1.66 bits per heavy atom. The third kappa shape index (κ3) is 8.55. The van der Waals surface area contributed by atoms with Gasteiger partial charge < -0.3 is 28.4 Å². The van der Waals surface area contributed by atoms with E-state index in [2.05, 4.69) is 13.8 Å². The number of hydrogen-bond donors (Lipinski definition) is 0. The summed E-state index contributed by atoms with van der Waals surface area (Å²) in [4.78, 5) is 68.2. The second-order valence-corrected chi connectivity index (χ2v) is 18.4. The third-order valence-corrected chi connectivity index (χ3v) is 14.9. The molecule has 11 nitrogen and oxygen atoms in total. The van der Waals surface area contributed by atoms with Crippen LogP contribution in [0.4, 0.5) is 0 Å². The van der Waals surface area contributed by atoms with E-state index >= 15 is 0 Å². The summed E-state index contributed by atoms with van der Waals surface area (Å²) in [6.07, 6.45) is 1.41. The fourth-order valence-electron chi connectivity index (χ4n) is 11.5. The molecule has 0 bridgehead atoms. The molecule has 9 rings (SSSR count). The standard InChI is InChI=1S/C53H54O11/c1-52-29-27-38(54)31-37(52)23-24-39-40-25-26-43(53(40,2)30-28-41(39)52)61-51-46(64-50(58)36-21-13-6-14-22-36)45(63-49(57)35-19-11-5-12-20-35)44(62-48(56)34-17-9-4-10-18-34)42(60-51)32-59-47(55)33-15-7-3-8-16-33/h3-22,31,39-46,51H,23-30,32H2,1-2H3/t39-,40-,41-,42-,43-,44-,45+,46-,51+,52-,53-/m0/s1.